The van der Waals surface area contributed by atoms with Crippen LogP contribution in [0.3, 0.4) is 0 Å². The largest absolute Gasteiger partial charge is 0.391 e. The Labute approximate surface area is 67.2 Å². The van der Waals surface area contributed by atoms with Crippen LogP contribution in [-0.4, -0.2) is 21.7 Å². The van der Waals surface area contributed by atoms with Gasteiger partial charge in [0.1, 0.15) is 0 Å². The predicted molar refractivity (Wildman–Crippen MR) is 46.3 cm³/mol. The Balaban J connectivity index is 2.77. The zero-order valence-electron chi connectivity index (χ0n) is 7.14. The SMILES string of the molecule is CC1(C)CSC(C)(C)C1O. The molecule has 1 saturated heterocycles. The Morgan fingerprint density at radius 1 is 1.30 bits per heavy atom. The van der Waals surface area contributed by atoms with Crippen molar-refractivity contribution in [3.05, 3.63) is 0 Å². The van der Waals surface area contributed by atoms with Crippen LogP contribution >= 0.6 is 11.8 Å². The van der Waals surface area contributed by atoms with E-state index in [-0.39, 0.29) is 16.3 Å². The van der Waals surface area contributed by atoms with Gasteiger partial charge >= 0.3 is 0 Å². The molecule has 1 N–H and O–H groups in total. The molecule has 0 spiro atoms. The third-order valence-corrected chi connectivity index (χ3v) is 4.07. The van der Waals surface area contributed by atoms with E-state index in [1.54, 1.807) is 0 Å². The fourth-order valence-corrected chi connectivity index (χ4v) is 2.85. The van der Waals surface area contributed by atoms with Crippen LogP contribution in [0.1, 0.15) is 27.7 Å². The maximum absolute atomic E-state index is 9.76. The van der Waals surface area contributed by atoms with Gasteiger partial charge in [0, 0.05) is 15.9 Å². The average molecular weight is 160 g/mol. The Kier molecular flexibility index (Phi) is 1.80. The predicted octanol–water partition coefficient (Wildman–Crippen LogP) is 1.90. The molecule has 1 aliphatic heterocycles. The second-order valence-corrected chi connectivity index (χ2v) is 5.91. The van der Waals surface area contributed by atoms with Gasteiger partial charge in [0.2, 0.25) is 0 Å². The quantitative estimate of drug-likeness (QED) is 0.584. The molecule has 0 aromatic carbocycles. The third kappa shape index (κ3) is 1.19. The molecule has 1 nitrogen and oxygen atoms in total. The summed E-state index contributed by atoms with van der Waals surface area (Å²) in [4.78, 5) is 0. The molecule has 1 rings (SSSR count). The second-order valence-electron chi connectivity index (χ2n) is 4.28. The first-order valence-corrected chi connectivity index (χ1v) is 4.67. The van der Waals surface area contributed by atoms with Crippen molar-refractivity contribution in [3.63, 3.8) is 0 Å². The first-order valence-electron chi connectivity index (χ1n) is 3.68. The normalized spacial score (nSPS) is 36.3. The van der Waals surface area contributed by atoms with Crippen LogP contribution in [-0.2, 0) is 0 Å². The molecule has 0 aromatic rings. The van der Waals surface area contributed by atoms with Crippen molar-refractivity contribution in [1.82, 2.24) is 0 Å². The highest BCUT2D eigenvalue weighted by molar-refractivity contribution is 8.01. The van der Waals surface area contributed by atoms with Gasteiger partial charge in [-0.2, -0.15) is 11.8 Å². The minimum absolute atomic E-state index is 0.0590. The molecule has 0 bridgehead atoms. The van der Waals surface area contributed by atoms with E-state index in [0.717, 1.165) is 5.75 Å². The topological polar surface area (TPSA) is 20.2 Å². The maximum atomic E-state index is 9.76. The van der Waals surface area contributed by atoms with Crippen molar-refractivity contribution in [3.8, 4) is 0 Å². The van der Waals surface area contributed by atoms with Gasteiger partial charge in [-0.25, -0.2) is 0 Å². The molecule has 1 unspecified atom stereocenters. The minimum atomic E-state index is -0.162. The van der Waals surface area contributed by atoms with E-state index in [2.05, 4.69) is 27.7 Å². The Morgan fingerprint density at radius 2 is 1.80 bits per heavy atom. The van der Waals surface area contributed by atoms with Gasteiger partial charge in [-0.15, -0.1) is 0 Å². The Hall–Kier alpha value is 0.310. The molecule has 1 aliphatic rings. The molecule has 1 heterocycles. The van der Waals surface area contributed by atoms with Crippen molar-refractivity contribution in [2.75, 3.05) is 5.75 Å². The molecule has 0 radical (unpaired) electrons. The molecule has 10 heavy (non-hydrogen) atoms. The zero-order valence-corrected chi connectivity index (χ0v) is 7.96. The van der Waals surface area contributed by atoms with Gasteiger partial charge in [0.25, 0.3) is 0 Å². The van der Waals surface area contributed by atoms with E-state index in [1.807, 2.05) is 11.8 Å². The summed E-state index contributed by atoms with van der Waals surface area (Å²) in [5.41, 5.74) is 0.105. The van der Waals surface area contributed by atoms with Gasteiger partial charge in [0.05, 0.1) is 6.10 Å². The van der Waals surface area contributed by atoms with Crippen LogP contribution in [0.15, 0.2) is 0 Å². The molecule has 0 aliphatic carbocycles. The Morgan fingerprint density at radius 3 is 1.90 bits per heavy atom. The van der Waals surface area contributed by atoms with Crippen molar-refractivity contribution < 1.29 is 5.11 Å². The second kappa shape index (κ2) is 2.15. The summed E-state index contributed by atoms with van der Waals surface area (Å²) in [5.74, 6) is 1.07. The van der Waals surface area contributed by atoms with E-state index in [9.17, 15) is 5.11 Å². The molecule has 0 saturated carbocycles. The third-order valence-electron chi connectivity index (χ3n) is 2.21. The van der Waals surface area contributed by atoms with Crippen molar-refractivity contribution >= 4 is 11.8 Å². The highest BCUT2D eigenvalue weighted by atomic mass is 32.2. The smallest absolute Gasteiger partial charge is 0.0740 e. The lowest BCUT2D eigenvalue weighted by Crippen LogP contribution is -2.37. The van der Waals surface area contributed by atoms with Crippen LogP contribution in [0, 0.1) is 5.41 Å². The van der Waals surface area contributed by atoms with Gasteiger partial charge in [-0.05, 0) is 13.8 Å². The Bertz CT molecular complexity index is 124. The molecule has 2 heteroatoms. The molecular formula is C8H16OS. The molecule has 0 aromatic heterocycles. The number of hydrogen-bond acceptors (Lipinski definition) is 2. The molecule has 1 fully saturated rings. The molecular weight excluding hydrogens is 144 g/mol. The highest BCUT2D eigenvalue weighted by Gasteiger charge is 2.46. The van der Waals surface area contributed by atoms with Gasteiger partial charge in [-0.3, -0.25) is 0 Å². The van der Waals surface area contributed by atoms with Crippen molar-refractivity contribution in [1.29, 1.82) is 0 Å². The summed E-state index contributed by atoms with van der Waals surface area (Å²) in [5, 5.41) is 9.76. The average Bonchev–Trinajstić information content (AvgIpc) is 1.95. The monoisotopic (exact) mass is 160 g/mol. The zero-order chi connectivity index (χ0) is 7.99. The van der Waals surface area contributed by atoms with Crippen LogP contribution in [0.5, 0.6) is 0 Å². The summed E-state index contributed by atoms with van der Waals surface area (Å²) in [6, 6.07) is 0. The minimum Gasteiger partial charge on any atom is -0.391 e. The van der Waals surface area contributed by atoms with Gasteiger partial charge < -0.3 is 5.11 Å². The fraction of sp³-hybridized carbons (Fsp3) is 1.00. The number of aliphatic hydroxyl groups is 1. The highest BCUT2D eigenvalue weighted by Crippen LogP contribution is 2.47. The summed E-state index contributed by atoms with van der Waals surface area (Å²) in [6.45, 7) is 8.47. The number of rotatable bonds is 0. The number of aliphatic hydroxyl groups excluding tert-OH is 1. The lowest BCUT2D eigenvalue weighted by atomic mass is 9.83. The number of thioether (sulfide) groups is 1. The van der Waals surface area contributed by atoms with Gasteiger partial charge in [-0.1, -0.05) is 13.8 Å². The summed E-state index contributed by atoms with van der Waals surface area (Å²) in [7, 11) is 0. The summed E-state index contributed by atoms with van der Waals surface area (Å²) >= 11 is 1.86. The van der Waals surface area contributed by atoms with Crippen LogP contribution < -0.4 is 0 Å². The summed E-state index contributed by atoms with van der Waals surface area (Å²) in [6.07, 6.45) is -0.162. The molecule has 60 valence electrons. The van der Waals surface area contributed by atoms with E-state index in [0.29, 0.717) is 0 Å². The van der Waals surface area contributed by atoms with Gasteiger partial charge in [0.15, 0.2) is 0 Å². The van der Waals surface area contributed by atoms with Crippen LogP contribution in [0.25, 0.3) is 0 Å². The first-order chi connectivity index (χ1) is 4.36. The van der Waals surface area contributed by atoms with Crippen LogP contribution in [0.4, 0.5) is 0 Å². The van der Waals surface area contributed by atoms with Crippen molar-refractivity contribution in [2.24, 2.45) is 5.41 Å². The van der Waals surface area contributed by atoms with Crippen LogP contribution in [0.2, 0.25) is 0 Å². The fourth-order valence-electron chi connectivity index (χ4n) is 1.47. The summed E-state index contributed by atoms with van der Waals surface area (Å²) < 4.78 is 0.0590. The lowest BCUT2D eigenvalue weighted by molar-refractivity contribution is 0.0533. The van der Waals surface area contributed by atoms with E-state index >= 15 is 0 Å². The van der Waals surface area contributed by atoms with E-state index < -0.39 is 0 Å². The molecule has 0 amide bonds. The van der Waals surface area contributed by atoms with E-state index in [4.69, 9.17) is 0 Å². The van der Waals surface area contributed by atoms with Crippen molar-refractivity contribution in [2.45, 2.75) is 38.5 Å². The maximum Gasteiger partial charge on any atom is 0.0740 e. The first kappa shape index (κ1) is 8.41. The van der Waals surface area contributed by atoms with E-state index in [1.165, 1.54) is 0 Å². The molecule has 1 atom stereocenters. The standard InChI is InChI=1S/C8H16OS/c1-7(2)5-10-8(3,4)6(7)9/h6,9H,5H2,1-4H3. The lowest BCUT2D eigenvalue weighted by Gasteiger charge is -2.28. The number of hydrogen-bond donors (Lipinski definition) is 1.